The molecular weight excluding hydrogens is 227 g/mol. The van der Waals surface area contributed by atoms with Gasteiger partial charge >= 0.3 is 5.97 Å². The van der Waals surface area contributed by atoms with Crippen molar-refractivity contribution in [1.29, 1.82) is 0 Å². The zero-order valence-electron chi connectivity index (χ0n) is 9.81. The van der Waals surface area contributed by atoms with Gasteiger partial charge in [-0.3, -0.25) is 0 Å². The first kappa shape index (κ1) is 13.4. The average molecular weight is 242 g/mol. The number of halogens is 1. The minimum Gasteiger partial charge on any atom is -0.478 e. The van der Waals surface area contributed by atoms with Gasteiger partial charge in [-0.05, 0) is 12.5 Å². The molecule has 94 valence electrons. The first-order chi connectivity index (χ1) is 8.07. The molecule has 0 radical (unpaired) electrons. The molecule has 1 aromatic heterocycles. The Balaban J connectivity index is 2.83. The topological polar surface area (TPSA) is 62.7 Å². The SMILES string of the molecule is COCCCN(C)c1nccc(C(=O)O)c1F. The van der Waals surface area contributed by atoms with Crippen LogP contribution in [0, 0.1) is 5.82 Å². The van der Waals surface area contributed by atoms with Crippen LogP contribution in [0.4, 0.5) is 10.2 Å². The highest BCUT2D eigenvalue weighted by atomic mass is 19.1. The van der Waals surface area contributed by atoms with Crippen molar-refractivity contribution < 1.29 is 19.0 Å². The molecule has 0 aliphatic carbocycles. The zero-order chi connectivity index (χ0) is 12.8. The summed E-state index contributed by atoms with van der Waals surface area (Å²) in [5, 5.41) is 8.78. The third-order valence-electron chi connectivity index (χ3n) is 2.30. The predicted octanol–water partition coefficient (Wildman–Crippen LogP) is 1.39. The van der Waals surface area contributed by atoms with E-state index < -0.39 is 11.8 Å². The Labute approximate surface area is 98.8 Å². The number of nitrogens with zero attached hydrogens (tertiary/aromatic N) is 2. The van der Waals surface area contributed by atoms with Gasteiger partial charge < -0.3 is 14.7 Å². The van der Waals surface area contributed by atoms with Crippen LogP contribution in [0.3, 0.4) is 0 Å². The summed E-state index contributed by atoms with van der Waals surface area (Å²) in [5.41, 5.74) is -0.367. The molecule has 0 spiro atoms. The van der Waals surface area contributed by atoms with E-state index in [0.717, 1.165) is 6.07 Å². The van der Waals surface area contributed by atoms with Crippen LogP contribution in [0.5, 0.6) is 0 Å². The van der Waals surface area contributed by atoms with Crippen molar-refractivity contribution in [2.45, 2.75) is 6.42 Å². The molecule has 6 heteroatoms. The maximum Gasteiger partial charge on any atom is 0.338 e. The minimum atomic E-state index is -1.29. The van der Waals surface area contributed by atoms with Gasteiger partial charge in [-0.1, -0.05) is 0 Å². The molecule has 5 nitrogen and oxygen atoms in total. The van der Waals surface area contributed by atoms with Gasteiger partial charge in [-0.2, -0.15) is 0 Å². The van der Waals surface area contributed by atoms with Crippen LogP contribution in [0.15, 0.2) is 12.3 Å². The average Bonchev–Trinajstić information content (AvgIpc) is 2.29. The van der Waals surface area contributed by atoms with E-state index in [2.05, 4.69) is 4.98 Å². The number of carboxylic acid groups (broad SMARTS) is 1. The quantitative estimate of drug-likeness (QED) is 0.764. The second-order valence-corrected chi connectivity index (χ2v) is 3.57. The summed E-state index contributed by atoms with van der Waals surface area (Å²) >= 11 is 0. The molecule has 0 fully saturated rings. The molecule has 0 aromatic carbocycles. The first-order valence-electron chi connectivity index (χ1n) is 5.15. The number of carboxylic acids is 1. The monoisotopic (exact) mass is 242 g/mol. The number of carbonyl (C=O) groups is 1. The van der Waals surface area contributed by atoms with Crippen LogP contribution >= 0.6 is 0 Å². The standard InChI is InChI=1S/C11H15FN2O3/c1-14(6-3-7-17-2)10-9(12)8(11(15)16)4-5-13-10/h4-5H,3,6-7H2,1-2H3,(H,15,16). The van der Waals surface area contributed by atoms with E-state index in [0.29, 0.717) is 19.6 Å². The Bertz CT molecular complexity index is 398. The number of aromatic carboxylic acids is 1. The summed E-state index contributed by atoms with van der Waals surface area (Å²) in [4.78, 5) is 16.2. The third kappa shape index (κ3) is 3.39. The number of hydrogen-bond donors (Lipinski definition) is 1. The summed E-state index contributed by atoms with van der Waals surface area (Å²) in [6, 6.07) is 1.14. The van der Waals surface area contributed by atoms with Gasteiger partial charge in [-0.25, -0.2) is 14.2 Å². The molecule has 17 heavy (non-hydrogen) atoms. The van der Waals surface area contributed by atoms with Crippen LogP contribution < -0.4 is 4.90 Å². The fourth-order valence-electron chi connectivity index (χ4n) is 1.42. The van der Waals surface area contributed by atoms with Crippen LogP contribution in [0.2, 0.25) is 0 Å². The van der Waals surface area contributed by atoms with Gasteiger partial charge in [0.25, 0.3) is 0 Å². The lowest BCUT2D eigenvalue weighted by Crippen LogP contribution is -2.23. The number of anilines is 1. The lowest BCUT2D eigenvalue weighted by atomic mass is 10.2. The maximum atomic E-state index is 13.8. The van der Waals surface area contributed by atoms with Crippen molar-refractivity contribution >= 4 is 11.8 Å². The van der Waals surface area contributed by atoms with Crippen molar-refractivity contribution in [3.63, 3.8) is 0 Å². The van der Waals surface area contributed by atoms with Crippen molar-refractivity contribution in [2.75, 3.05) is 32.2 Å². The fourth-order valence-corrected chi connectivity index (χ4v) is 1.42. The number of aromatic nitrogens is 1. The molecule has 0 atom stereocenters. The molecule has 1 heterocycles. The van der Waals surface area contributed by atoms with Gasteiger partial charge in [0.15, 0.2) is 11.6 Å². The first-order valence-corrected chi connectivity index (χ1v) is 5.15. The van der Waals surface area contributed by atoms with Gasteiger partial charge in [-0.15, -0.1) is 0 Å². The number of rotatable bonds is 6. The van der Waals surface area contributed by atoms with Crippen molar-refractivity contribution in [3.8, 4) is 0 Å². The minimum absolute atomic E-state index is 0.0426. The van der Waals surface area contributed by atoms with Gasteiger partial charge in [0, 0.05) is 33.5 Å². The Morgan fingerprint density at radius 1 is 1.65 bits per heavy atom. The fraction of sp³-hybridized carbons (Fsp3) is 0.455. The highest BCUT2D eigenvalue weighted by molar-refractivity contribution is 5.88. The van der Waals surface area contributed by atoms with Gasteiger partial charge in [0.1, 0.15) is 5.56 Å². The molecule has 0 amide bonds. The molecule has 0 unspecified atom stereocenters. The summed E-state index contributed by atoms with van der Waals surface area (Å²) in [5.74, 6) is -2.06. The smallest absolute Gasteiger partial charge is 0.338 e. The number of methoxy groups -OCH3 is 1. The van der Waals surface area contributed by atoms with Crippen molar-refractivity contribution in [3.05, 3.63) is 23.6 Å². The molecule has 1 rings (SSSR count). The van der Waals surface area contributed by atoms with Crippen LogP contribution in [-0.2, 0) is 4.74 Å². The normalized spacial score (nSPS) is 10.3. The number of ether oxygens (including phenoxy) is 1. The van der Waals surface area contributed by atoms with Crippen LogP contribution in [-0.4, -0.2) is 43.4 Å². The Kier molecular flexibility index (Phi) is 4.84. The Morgan fingerprint density at radius 3 is 2.94 bits per heavy atom. The van der Waals surface area contributed by atoms with E-state index in [4.69, 9.17) is 9.84 Å². The van der Waals surface area contributed by atoms with Crippen molar-refractivity contribution in [2.24, 2.45) is 0 Å². The lowest BCUT2D eigenvalue weighted by molar-refractivity contribution is 0.0691. The predicted molar refractivity (Wildman–Crippen MR) is 60.9 cm³/mol. The van der Waals surface area contributed by atoms with Crippen LogP contribution in [0.25, 0.3) is 0 Å². The van der Waals surface area contributed by atoms with Gasteiger partial charge in [0.05, 0.1) is 0 Å². The molecule has 0 aliphatic heterocycles. The molecule has 1 N–H and O–H groups in total. The van der Waals surface area contributed by atoms with E-state index in [9.17, 15) is 9.18 Å². The number of hydrogen-bond acceptors (Lipinski definition) is 4. The van der Waals surface area contributed by atoms with E-state index in [1.165, 1.54) is 6.20 Å². The Morgan fingerprint density at radius 2 is 2.35 bits per heavy atom. The molecule has 0 saturated carbocycles. The molecular formula is C11H15FN2O3. The molecule has 0 saturated heterocycles. The summed E-state index contributed by atoms with van der Waals surface area (Å²) < 4.78 is 18.7. The summed E-state index contributed by atoms with van der Waals surface area (Å²) in [6.07, 6.45) is 2.00. The number of pyridine rings is 1. The second-order valence-electron chi connectivity index (χ2n) is 3.57. The largest absolute Gasteiger partial charge is 0.478 e. The van der Waals surface area contributed by atoms with Crippen LogP contribution in [0.1, 0.15) is 16.8 Å². The maximum absolute atomic E-state index is 13.8. The van der Waals surface area contributed by atoms with Gasteiger partial charge in [0.2, 0.25) is 0 Å². The van der Waals surface area contributed by atoms with E-state index in [1.807, 2.05) is 0 Å². The molecule has 0 bridgehead atoms. The molecule has 0 aliphatic rings. The summed E-state index contributed by atoms with van der Waals surface area (Å²) in [7, 11) is 3.25. The van der Waals surface area contributed by atoms with E-state index >= 15 is 0 Å². The Hall–Kier alpha value is -1.69. The van der Waals surface area contributed by atoms with E-state index in [1.54, 1.807) is 19.1 Å². The summed E-state index contributed by atoms with van der Waals surface area (Å²) in [6.45, 7) is 1.10. The third-order valence-corrected chi connectivity index (χ3v) is 2.30. The zero-order valence-corrected chi connectivity index (χ0v) is 9.81. The molecule has 1 aromatic rings. The van der Waals surface area contributed by atoms with Crippen molar-refractivity contribution in [1.82, 2.24) is 4.98 Å². The second kappa shape index (κ2) is 6.15. The highest BCUT2D eigenvalue weighted by Gasteiger charge is 2.17. The van der Waals surface area contributed by atoms with E-state index in [-0.39, 0.29) is 11.4 Å². The highest BCUT2D eigenvalue weighted by Crippen LogP contribution is 2.18. The lowest BCUT2D eigenvalue weighted by Gasteiger charge is -2.18.